The van der Waals surface area contributed by atoms with Crippen LogP contribution in [-0.2, 0) is 0 Å². The number of aryl methyl sites for hydroxylation is 1. The number of nitrogens with one attached hydrogen (secondary N) is 1. The summed E-state index contributed by atoms with van der Waals surface area (Å²) in [5, 5.41) is 0.462. The molecule has 5 heteroatoms. The zero-order valence-corrected chi connectivity index (χ0v) is 14.1. The predicted molar refractivity (Wildman–Crippen MR) is 97.6 cm³/mol. The number of fused-ring (bicyclic) bond motifs is 1. The Morgan fingerprint density at radius 1 is 1.04 bits per heavy atom. The zero-order chi connectivity index (χ0) is 17.4. The van der Waals surface area contributed by atoms with Gasteiger partial charge in [-0.1, -0.05) is 18.2 Å². The van der Waals surface area contributed by atoms with E-state index < -0.39 is 0 Å². The van der Waals surface area contributed by atoms with Crippen LogP contribution in [-0.4, -0.2) is 42.0 Å². The number of carbonyl (C=O) groups excluding carboxylic acids is 1. The zero-order valence-electron chi connectivity index (χ0n) is 14.1. The molecule has 1 aromatic heterocycles. The number of benzene rings is 2. The van der Waals surface area contributed by atoms with Gasteiger partial charge in [-0.2, -0.15) is 0 Å². The van der Waals surface area contributed by atoms with Gasteiger partial charge in [0, 0.05) is 42.8 Å². The molecule has 2 aromatic carbocycles. The molecule has 0 bridgehead atoms. The SMILES string of the molecule is Cc1cccc(N2CCN(C(=O)c3cc4c(F)cccc4[nH]3)CC2)c1. The molecule has 1 amide bonds. The number of hydrogen-bond donors (Lipinski definition) is 1. The lowest BCUT2D eigenvalue weighted by molar-refractivity contribution is 0.0742. The summed E-state index contributed by atoms with van der Waals surface area (Å²) in [6, 6.07) is 14.8. The molecule has 25 heavy (non-hydrogen) atoms. The van der Waals surface area contributed by atoms with Crippen LogP contribution in [0.25, 0.3) is 10.9 Å². The van der Waals surface area contributed by atoms with Gasteiger partial charge < -0.3 is 14.8 Å². The molecule has 0 aliphatic carbocycles. The minimum Gasteiger partial charge on any atom is -0.368 e. The molecule has 0 unspecified atom stereocenters. The second-order valence-corrected chi connectivity index (χ2v) is 6.50. The van der Waals surface area contributed by atoms with E-state index in [2.05, 4.69) is 41.1 Å². The number of rotatable bonds is 2. The molecule has 0 radical (unpaired) electrons. The molecule has 2 heterocycles. The number of anilines is 1. The van der Waals surface area contributed by atoms with Gasteiger partial charge >= 0.3 is 0 Å². The molecule has 1 aliphatic heterocycles. The van der Waals surface area contributed by atoms with Crippen LogP contribution in [0.1, 0.15) is 16.1 Å². The van der Waals surface area contributed by atoms with Gasteiger partial charge in [-0.3, -0.25) is 4.79 Å². The maximum atomic E-state index is 13.8. The number of nitrogens with zero attached hydrogens (tertiary/aromatic N) is 2. The van der Waals surface area contributed by atoms with Crippen LogP contribution in [0.2, 0.25) is 0 Å². The third kappa shape index (κ3) is 2.97. The summed E-state index contributed by atoms with van der Waals surface area (Å²) in [4.78, 5) is 19.9. The van der Waals surface area contributed by atoms with Crippen LogP contribution in [0.15, 0.2) is 48.5 Å². The summed E-state index contributed by atoms with van der Waals surface area (Å²) < 4.78 is 13.8. The van der Waals surface area contributed by atoms with E-state index in [9.17, 15) is 9.18 Å². The standard InChI is InChI=1S/C20H20FN3O/c1-14-4-2-5-15(12-14)23-8-10-24(11-9-23)20(25)19-13-16-17(21)6-3-7-18(16)22-19/h2-7,12-13,22H,8-11H2,1H3. The molecule has 1 fully saturated rings. The van der Waals surface area contributed by atoms with Crippen LogP contribution in [0.3, 0.4) is 0 Å². The van der Waals surface area contributed by atoms with Crippen LogP contribution < -0.4 is 4.90 Å². The van der Waals surface area contributed by atoms with Crippen LogP contribution in [0, 0.1) is 12.7 Å². The maximum absolute atomic E-state index is 13.8. The number of hydrogen-bond acceptors (Lipinski definition) is 2. The maximum Gasteiger partial charge on any atom is 0.270 e. The highest BCUT2D eigenvalue weighted by Gasteiger charge is 2.23. The van der Waals surface area contributed by atoms with Crippen molar-refractivity contribution in [3.63, 3.8) is 0 Å². The van der Waals surface area contributed by atoms with Crippen molar-refractivity contribution < 1.29 is 9.18 Å². The molecule has 0 saturated carbocycles. The highest BCUT2D eigenvalue weighted by Crippen LogP contribution is 2.21. The molecule has 4 nitrogen and oxygen atoms in total. The molecule has 1 saturated heterocycles. The first-order chi connectivity index (χ1) is 12.1. The van der Waals surface area contributed by atoms with Crippen molar-refractivity contribution in [3.8, 4) is 0 Å². The van der Waals surface area contributed by atoms with Crippen molar-refractivity contribution in [2.75, 3.05) is 31.1 Å². The minimum atomic E-state index is -0.308. The van der Waals surface area contributed by atoms with E-state index in [0.29, 0.717) is 29.7 Å². The largest absolute Gasteiger partial charge is 0.368 e. The fourth-order valence-electron chi connectivity index (χ4n) is 3.40. The Morgan fingerprint density at radius 3 is 2.52 bits per heavy atom. The second-order valence-electron chi connectivity index (χ2n) is 6.50. The fourth-order valence-corrected chi connectivity index (χ4v) is 3.40. The molecule has 4 rings (SSSR count). The first-order valence-electron chi connectivity index (χ1n) is 8.50. The summed E-state index contributed by atoms with van der Waals surface area (Å²) in [5.41, 5.74) is 3.53. The average molecular weight is 337 g/mol. The first-order valence-corrected chi connectivity index (χ1v) is 8.50. The van der Waals surface area contributed by atoms with E-state index in [1.54, 1.807) is 18.2 Å². The van der Waals surface area contributed by atoms with Gasteiger partial charge in [0.05, 0.1) is 0 Å². The predicted octanol–water partition coefficient (Wildman–Crippen LogP) is 3.58. The number of carbonyl (C=O) groups is 1. The molecule has 1 aliphatic rings. The topological polar surface area (TPSA) is 39.3 Å². The van der Waals surface area contributed by atoms with Gasteiger partial charge in [-0.15, -0.1) is 0 Å². The Balaban J connectivity index is 1.48. The number of aromatic amines is 1. The first kappa shape index (κ1) is 15.7. The van der Waals surface area contributed by atoms with Gasteiger partial charge in [0.2, 0.25) is 0 Å². The quantitative estimate of drug-likeness (QED) is 0.776. The highest BCUT2D eigenvalue weighted by molar-refractivity contribution is 5.98. The molecular weight excluding hydrogens is 317 g/mol. The summed E-state index contributed by atoms with van der Waals surface area (Å²) in [7, 11) is 0. The second kappa shape index (κ2) is 6.24. The lowest BCUT2D eigenvalue weighted by atomic mass is 10.2. The highest BCUT2D eigenvalue weighted by atomic mass is 19.1. The van der Waals surface area contributed by atoms with Gasteiger partial charge in [0.1, 0.15) is 11.5 Å². The van der Waals surface area contributed by atoms with Crippen LogP contribution in [0.5, 0.6) is 0 Å². The monoisotopic (exact) mass is 337 g/mol. The van der Waals surface area contributed by atoms with E-state index in [-0.39, 0.29) is 11.7 Å². The van der Waals surface area contributed by atoms with Crippen molar-refractivity contribution >= 4 is 22.5 Å². The summed E-state index contributed by atoms with van der Waals surface area (Å²) in [6.07, 6.45) is 0. The van der Waals surface area contributed by atoms with E-state index >= 15 is 0 Å². The Kier molecular flexibility index (Phi) is 3.92. The number of aromatic nitrogens is 1. The Bertz CT molecular complexity index is 926. The summed E-state index contributed by atoms with van der Waals surface area (Å²) in [5.74, 6) is -0.378. The lowest BCUT2D eigenvalue weighted by Gasteiger charge is -2.36. The van der Waals surface area contributed by atoms with Gasteiger partial charge in [-0.25, -0.2) is 4.39 Å². The fraction of sp³-hybridized carbons (Fsp3) is 0.250. The van der Waals surface area contributed by atoms with Crippen molar-refractivity contribution in [2.45, 2.75) is 6.92 Å². The number of piperazine rings is 1. The van der Waals surface area contributed by atoms with E-state index in [1.165, 1.54) is 17.3 Å². The minimum absolute atomic E-state index is 0.0699. The van der Waals surface area contributed by atoms with Crippen molar-refractivity contribution in [1.82, 2.24) is 9.88 Å². The van der Waals surface area contributed by atoms with Gasteiger partial charge in [0.25, 0.3) is 5.91 Å². The molecular formula is C20H20FN3O. The van der Waals surface area contributed by atoms with E-state index in [4.69, 9.17) is 0 Å². The van der Waals surface area contributed by atoms with E-state index in [1.807, 2.05) is 4.90 Å². The number of halogens is 1. The Hall–Kier alpha value is -2.82. The third-order valence-electron chi connectivity index (χ3n) is 4.78. The van der Waals surface area contributed by atoms with Gasteiger partial charge in [0.15, 0.2) is 0 Å². The molecule has 3 aromatic rings. The lowest BCUT2D eigenvalue weighted by Crippen LogP contribution is -2.48. The normalized spacial score (nSPS) is 15.0. The van der Waals surface area contributed by atoms with E-state index in [0.717, 1.165) is 13.1 Å². The molecule has 0 atom stereocenters. The number of amides is 1. The Labute approximate surface area is 145 Å². The number of H-pyrrole nitrogens is 1. The Morgan fingerprint density at radius 2 is 1.80 bits per heavy atom. The van der Waals surface area contributed by atoms with Crippen LogP contribution in [0.4, 0.5) is 10.1 Å². The third-order valence-corrected chi connectivity index (χ3v) is 4.78. The van der Waals surface area contributed by atoms with Gasteiger partial charge in [-0.05, 0) is 42.8 Å². The van der Waals surface area contributed by atoms with Crippen LogP contribution >= 0.6 is 0 Å². The molecule has 0 spiro atoms. The summed E-state index contributed by atoms with van der Waals surface area (Å²) >= 11 is 0. The van der Waals surface area contributed by atoms with Crippen molar-refractivity contribution in [2.24, 2.45) is 0 Å². The molecule has 1 N–H and O–H groups in total. The smallest absolute Gasteiger partial charge is 0.270 e. The average Bonchev–Trinajstić information content (AvgIpc) is 3.07. The van der Waals surface area contributed by atoms with Crippen molar-refractivity contribution in [3.05, 3.63) is 65.6 Å². The molecule has 128 valence electrons. The van der Waals surface area contributed by atoms with Crippen molar-refractivity contribution in [1.29, 1.82) is 0 Å². The summed E-state index contributed by atoms with van der Waals surface area (Å²) in [6.45, 7) is 4.99.